The average Bonchev–Trinajstić information content (AvgIpc) is 3.13. The second kappa shape index (κ2) is 11.5. The van der Waals surface area contributed by atoms with Crippen LogP contribution in [0.25, 0.3) is 10.2 Å². The lowest BCUT2D eigenvalue weighted by Crippen LogP contribution is -2.23. The fraction of sp³-hybridized carbons (Fsp3) is 0.375. The van der Waals surface area contributed by atoms with Gasteiger partial charge in [-0.2, -0.15) is 4.99 Å². The van der Waals surface area contributed by atoms with Crippen molar-refractivity contribution < 1.29 is 23.8 Å². The summed E-state index contributed by atoms with van der Waals surface area (Å²) in [6.45, 7) is 4.81. The number of benzene rings is 2. The highest BCUT2D eigenvalue weighted by molar-refractivity contribution is 7.16. The molecule has 32 heavy (non-hydrogen) atoms. The molecule has 0 N–H and O–H groups in total. The standard InChI is InChI=1S/C24H28N2O5S/c1-4-6-7-14-31-18-10-8-17(9-11-18)23(28)25-24-26(16-22(27)30-5-2)20-13-12-19(29-3)15-21(20)32-24/h8-13,15H,4-7,14,16H2,1-3H3. The maximum absolute atomic E-state index is 12.8. The van der Waals surface area contributed by atoms with Gasteiger partial charge < -0.3 is 18.8 Å². The largest absolute Gasteiger partial charge is 0.497 e. The number of rotatable bonds is 10. The van der Waals surface area contributed by atoms with Crippen LogP contribution in [0.5, 0.6) is 11.5 Å². The molecule has 170 valence electrons. The molecule has 0 atom stereocenters. The fourth-order valence-electron chi connectivity index (χ4n) is 3.14. The number of thiazole rings is 1. The van der Waals surface area contributed by atoms with E-state index in [1.807, 2.05) is 18.2 Å². The Morgan fingerprint density at radius 3 is 2.47 bits per heavy atom. The predicted molar refractivity (Wildman–Crippen MR) is 124 cm³/mol. The third-order valence-electron chi connectivity index (χ3n) is 4.80. The normalized spacial score (nSPS) is 11.5. The Labute approximate surface area is 191 Å². The van der Waals surface area contributed by atoms with Gasteiger partial charge in [-0.15, -0.1) is 0 Å². The van der Waals surface area contributed by atoms with Gasteiger partial charge in [0.1, 0.15) is 18.0 Å². The minimum absolute atomic E-state index is 0.0309. The van der Waals surface area contributed by atoms with E-state index in [0.29, 0.717) is 22.7 Å². The molecule has 7 nitrogen and oxygen atoms in total. The third-order valence-corrected chi connectivity index (χ3v) is 5.84. The number of ether oxygens (including phenoxy) is 3. The molecule has 1 aromatic heterocycles. The van der Waals surface area contributed by atoms with E-state index in [4.69, 9.17) is 14.2 Å². The summed E-state index contributed by atoms with van der Waals surface area (Å²) in [5, 5.41) is 0. The Balaban J connectivity index is 1.88. The van der Waals surface area contributed by atoms with E-state index < -0.39 is 5.91 Å². The zero-order chi connectivity index (χ0) is 22.9. The van der Waals surface area contributed by atoms with Gasteiger partial charge in [0.2, 0.25) is 0 Å². The number of hydrogen-bond acceptors (Lipinski definition) is 6. The first-order valence-electron chi connectivity index (χ1n) is 10.7. The highest BCUT2D eigenvalue weighted by atomic mass is 32.1. The predicted octanol–water partition coefficient (Wildman–Crippen LogP) is 4.58. The number of amides is 1. The van der Waals surface area contributed by atoms with Crippen LogP contribution in [0, 0.1) is 0 Å². The molecule has 0 aliphatic carbocycles. The first-order chi connectivity index (χ1) is 15.5. The Morgan fingerprint density at radius 2 is 1.78 bits per heavy atom. The molecule has 0 saturated carbocycles. The summed E-state index contributed by atoms with van der Waals surface area (Å²) in [6, 6.07) is 12.5. The maximum Gasteiger partial charge on any atom is 0.326 e. The topological polar surface area (TPSA) is 79.1 Å². The van der Waals surface area contributed by atoms with Gasteiger partial charge in [0.25, 0.3) is 5.91 Å². The highest BCUT2D eigenvalue weighted by Crippen LogP contribution is 2.23. The highest BCUT2D eigenvalue weighted by Gasteiger charge is 2.14. The van der Waals surface area contributed by atoms with Crippen molar-refractivity contribution in [3.63, 3.8) is 0 Å². The SMILES string of the molecule is CCCCCOc1ccc(C(=O)N=c2sc3cc(OC)ccc3n2CC(=O)OCC)cc1. The monoisotopic (exact) mass is 456 g/mol. The van der Waals surface area contributed by atoms with E-state index in [0.717, 1.165) is 35.2 Å². The molecule has 2 aromatic carbocycles. The van der Waals surface area contributed by atoms with Crippen molar-refractivity contribution in [3.05, 3.63) is 52.8 Å². The third kappa shape index (κ3) is 5.97. The Bertz CT molecular complexity index is 1130. The summed E-state index contributed by atoms with van der Waals surface area (Å²) in [5.74, 6) is 0.638. The van der Waals surface area contributed by atoms with Crippen LogP contribution in [0.1, 0.15) is 43.5 Å². The summed E-state index contributed by atoms with van der Waals surface area (Å²) in [6.07, 6.45) is 3.27. The van der Waals surface area contributed by atoms with Gasteiger partial charge in [-0.05, 0) is 55.8 Å². The molecule has 0 bridgehead atoms. The van der Waals surface area contributed by atoms with Crippen molar-refractivity contribution >= 4 is 33.4 Å². The molecule has 0 saturated heterocycles. The van der Waals surface area contributed by atoms with Crippen LogP contribution in [-0.4, -0.2) is 36.8 Å². The number of unbranched alkanes of at least 4 members (excludes halogenated alkanes) is 2. The van der Waals surface area contributed by atoms with Crippen molar-refractivity contribution in [2.45, 2.75) is 39.7 Å². The number of fused-ring (bicyclic) bond motifs is 1. The number of carbonyl (C=O) groups is 2. The second-order valence-corrected chi connectivity index (χ2v) is 8.12. The Kier molecular flexibility index (Phi) is 8.44. The molecular formula is C24H28N2O5S. The summed E-state index contributed by atoms with van der Waals surface area (Å²) >= 11 is 1.32. The van der Waals surface area contributed by atoms with Crippen LogP contribution >= 0.6 is 11.3 Å². The molecule has 0 aliphatic heterocycles. The van der Waals surface area contributed by atoms with E-state index in [1.54, 1.807) is 42.9 Å². The number of carbonyl (C=O) groups excluding carboxylic acids is 2. The minimum atomic E-state index is -0.390. The molecule has 0 radical (unpaired) electrons. The van der Waals surface area contributed by atoms with Gasteiger partial charge in [0, 0.05) is 5.56 Å². The van der Waals surface area contributed by atoms with Crippen LogP contribution in [0.15, 0.2) is 47.5 Å². The molecule has 8 heteroatoms. The molecule has 0 unspecified atom stereocenters. The molecule has 1 amide bonds. The molecule has 0 fully saturated rings. The zero-order valence-electron chi connectivity index (χ0n) is 18.6. The van der Waals surface area contributed by atoms with Crippen molar-refractivity contribution in [3.8, 4) is 11.5 Å². The van der Waals surface area contributed by atoms with Gasteiger partial charge in [0.15, 0.2) is 4.80 Å². The Morgan fingerprint density at radius 1 is 1.03 bits per heavy atom. The van der Waals surface area contributed by atoms with Gasteiger partial charge in [-0.1, -0.05) is 31.1 Å². The lowest BCUT2D eigenvalue weighted by molar-refractivity contribution is -0.143. The van der Waals surface area contributed by atoms with Crippen molar-refractivity contribution in [1.82, 2.24) is 4.57 Å². The van der Waals surface area contributed by atoms with E-state index >= 15 is 0 Å². The molecular weight excluding hydrogens is 428 g/mol. The first kappa shape index (κ1) is 23.5. The van der Waals surface area contributed by atoms with Crippen LogP contribution in [0.3, 0.4) is 0 Å². The maximum atomic E-state index is 12.8. The van der Waals surface area contributed by atoms with E-state index in [1.165, 1.54) is 11.3 Å². The summed E-state index contributed by atoms with van der Waals surface area (Å²) in [4.78, 5) is 29.7. The molecule has 0 spiro atoms. The van der Waals surface area contributed by atoms with Crippen LogP contribution in [0.2, 0.25) is 0 Å². The summed E-state index contributed by atoms with van der Waals surface area (Å²) in [7, 11) is 1.59. The number of aromatic nitrogens is 1. The lowest BCUT2D eigenvalue weighted by Gasteiger charge is -2.06. The Hall–Kier alpha value is -3.13. The molecule has 3 aromatic rings. The van der Waals surface area contributed by atoms with E-state index in [9.17, 15) is 9.59 Å². The lowest BCUT2D eigenvalue weighted by atomic mass is 10.2. The summed E-state index contributed by atoms with van der Waals surface area (Å²) < 4.78 is 18.6. The number of nitrogens with zero attached hydrogens (tertiary/aromatic N) is 2. The number of hydrogen-bond donors (Lipinski definition) is 0. The van der Waals surface area contributed by atoms with Crippen molar-refractivity contribution in [1.29, 1.82) is 0 Å². The first-order valence-corrected chi connectivity index (χ1v) is 11.5. The molecule has 0 aliphatic rings. The van der Waals surface area contributed by atoms with Crippen LogP contribution in [-0.2, 0) is 16.1 Å². The molecule has 3 rings (SSSR count). The van der Waals surface area contributed by atoms with Crippen molar-refractivity contribution in [2.24, 2.45) is 4.99 Å². The molecule has 1 heterocycles. The number of methoxy groups -OCH3 is 1. The quantitative estimate of drug-likeness (QED) is 0.329. The minimum Gasteiger partial charge on any atom is -0.497 e. The summed E-state index contributed by atoms with van der Waals surface area (Å²) in [5.41, 5.74) is 1.23. The van der Waals surface area contributed by atoms with E-state index in [-0.39, 0.29) is 19.1 Å². The van der Waals surface area contributed by atoms with Gasteiger partial charge in [-0.3, -0.25) is 9.59 Å². The van der Waals surface area contributed by atoms with Gasteiger partial charge in [-0.25, -0.2) is 0 Å². The van der Waals surface area contributed by atoms with Crippen LogP contribution in [0.4, 0.5) is 0 Å². The fourth-order valence-corrected chi connectivity index (χ4v) is 4.20. The van der Waals surface area contributed by atoms with Gasteiger partial charge in [0.05, 0.1) is 30.5 Å². The van der Waals surface area contributed by atoms with E-state index in [2.05, 4.69) is 11.9 Å². The second-order valence-electron chi connectivity index (χ2n) is 7.11. The van der Waals surface area contributed by atoms with Crippen molar-refractivity contribution in [2.75, 3.05) is 20.3 Å². The van der Waals surface area contributed by atoms with Crippen LogP contribution < -0.4 is 14.3 Å². The van der Waals surface area contributed by atoms with Gasteiger partial charge >= 0.3 is 5.97 Å². The zero-order valence-corrected chi connectivity index (χ0v) is 19.4. The average molecular weight is 457 g/mol. The smallest absolute Gasteiger partial charge is 0.326 e. The number of esters is 1.